The molecule has 0 saturated carbocycles. The average molecular weight is 608 g/mol. The van der Waals surface area contributed by atoms with E-state index in [9.17, 15) is 14.0 Å². The van der Waals surface area contributed by atoms with Gasteiger partial charge in [-0.25, -0.2) is 14.2 Å². The molecule has 0 saturated heterocycles. The van der Waals surface area contributed by atoms with Crippen LogP contribution in [0.3, 0.4) is 0 Å². The fourth-order valence-corrected chi connectivity index (χ4v) is 6.22. The smallest absolute Gasteiger partial charge is 0.271 e. The van der Waals surface area contributed by atoms with Crippen molar-refractivity contribution >= 4 is 57.7 Å². The van der Waals surface area contributed by atoms with Gasteiger partial charge in [-0.15, -0.1) is 22.9 Å². The largest absolute Gasteiger partial charge is 0.349 e. The number of halogens is 5. The molecule has 0 aliphatic rings. The summed E-state index contributed by atoms with van der Waals surface area (Å²) in [7, 11) is 0. The summed E-state index contributed by atoms with van der Waals surface area (Å²) in [5.74, 6) is -0.873. The number of nitrogens with one attached hydrogen (secondary N) is 1. The van der Waals surface area contributed by atoms with Crippen LogP contribution >= 0.6 is 57.7 Å². The SMILES string of the molecule is O=c1cnn(-c2cc(Cl)c(C(c3ccc(Cl)cc3)c3nc(-c4ccccc4F)c(CCl)s3)c(Cl)c2)c(=O)[nH]1. The third kappa shape index (κ3) is 5.15. The van der Waals surface area contributed by atoms with Gasteiger partial charge in [0, 0.05) is 31.1 Å². The molecule has 0 amide bonds. The van der Waals surface area contributed by atoms with E-state index in [1.807, 2.05) is 12.1 Å². The molecule has 192 valence electrons. The summed E-state index contributed by atoms with van der Waals surface area (Å²) < 4.78 is 15.7. The summed E-state index contributed by atoms with van der Waals surface area (Å²) in [5.41, 5.74) is 0.932. The predicted molar refractivity (Wildman–Crippen MR) is 150 cm³/mol. The lowest BCUT2D eigenvalue weighted by molar-refractivity contribution is 0.630. The number of alkyl halides is 1. The highest BCUT2D eigenvalue weighted by Crippen LogP contribution is 2.44. The van der Waals surface area contributed by atoms with E-state index in [-0.39, 0.29) is 21.6 Å². The van der Waals surface area contributed by atoms with Crippen molar-refractivity contribution in [3.8, 4) is 16.9 Å². The van der Waals surface area contributed by atoms with Gasteiger partial charge >= 0.3 is 5.69 Å². The van der Waals surface area contributed by atoms with Crippen LogP contribution in [0.2, 0.25) is 15.1 Å². The van der Waals surface area contributed by atoms with Crippen molar-refractivity contribution in [2.45, 2.75) is 11.8 Å². The Morgan fingerprint density at radius 3 is 2.32 bits per heavy atom. The minimum absolute atomic E-state index is 0.121. The molecule has 0 radical (unpaired) electrons. The van der Waals surface area contributed by atoms with Crippen LogP contribution < -0.4 is 11.2 Å². The monoisotopic (exact) mass is 606 g/mol. The van der Waals surface area contributed by atoms with Crippen molar-refractivity contribution in [2.75, 3.05) is 0 Å². The number of hydrogen-bond acceptors (Lipinski definition) is 5. The molecule has 1 N–H and O–H groups in total. The molecular weight excluding hydrogens is 593 g/mol. The van der Waals surface area contributed by atoms with Crippen LogP contribution in [0.1, 0.15) is 26.9 Å². The van der Waals surface area contributed by atoms with Gasteiger partial charge in [-0.05, 0) is 42.0 Å². The quantitative estimate of drug-likeness (QED) is 0.210. The number of benzene rings is 3. The van der Waals surface area contributed by atoms with Crippen LogP contribution in [-0.4, -0.2) is 19.7 Å². The molecule has 0 spiro atoms. The van der Waals surface area contributed by atoms with Crippen LogP contribution in [0.25, 0.3) is 16.9 Å². The zero-order valence-corrected chi connectivity index (χ0v) is 22.9. The molecule has 5 aromatic rings. The molecule has 3 aromatic carbocycles. The van der Waals surface area contributed by atoms with E-state index in [4.69, 9.17) is 51.4 Å². The van der Waals surface area contributed by atoms with Crippen LogP contribution in [-0.2, 0) is 5.88 Å². The lowest BCUT2D eigenvalue weighted by Crippen LogP contribution is -2.30. The van der Waals surface area contributed by atoms with Gasteiger partial charge in [-0.2, -0.15) is 9.78 Å². The van der Waals surface area contributed by atoms with E-state index in [1.54, 1.807) is 30.3 Å². The Morgan fingerprint density at radius 1 is 1.00 bits per heavy atom. The van der Waals surface area contributed by atoms with E-state index < -0.39 is 23.0 Å². The number of thiazole rings is 1. The van der Waals surface area contributed by atoms with Crippen LogP contribution in [0, 0.1) is 5.82 Å². The molecule has 5 rings (SSSR count). The maximum absolute atomic E-state index is 14.7. The van der Waals surface area contributed by atoms with Crippen molar-refractivity contribution in [1.82, 2.24) is 19.7 Å². The standard InChI is InChI=1S/C26H15Cl4FN4O2S/c27-11-20-24(16-3-1-2-4-19(16)31)34-25(38-20)22(13-5-7-14(28)8-6-13)23-17(29)9-15(10-18(23)30)35-26(37)33-21(36)12-32-35/h1-10,12,22H,11H2,(H,33,36,37). The van der Waals surface area contributed by atoms with Gasteiger partial charge in [-0.3, -0.25) is 9.78 Å². The van der Waals surface area contributed by atoms with Gasteiger partial charge in [0.25, 0.3) is 5.56 Å². The van der Waals surface area contributed by atoms with Crippen molar-refractivity contribution in [1.29, 1.82) is 0 Å². The molecule has 38 heavy (non-hydrogen) atoms. The van der Waals surface area contributed by atoms with Gasteiger partial charge in [0.15, 0.2) is 0 Å². The van der Waals surface area contributed by atoms with Crippen LogP contribution in [0.4, 0.5) is 4.39 Å². The van der Waals surface area contributed by atoms with Gasteiger partial charge in [0.05, 0.1) is 23.2 Å². The Morgan fingerprint density at radius 2 is 1.68 bits per heavy atom. The van der Waals surface area contributed by atoms with E-state index in [0.717, 1.165) is 16.4 Å². The topological polar surface area (TPSA) is 80.6 Å². The number of rotatable bonds is 6. The fourth-order valence-electron chi connectivity index (χ4n) is 4.04. The van der Waals surface area contributed by atoms with E-state index in [0.29, 0.717) is 31.7 Å². The Kier molecular flexibility index (Phi) is 7.70. The van der Waals surface area contributed by atoms with Gasteiger partial charge in [0.2, 0.25) is 0 Å². The summed E-state index contributed by atoms with van der Waals surface area (Å²) in [6.07, 6.45) is 0.973. The minimum atomic E-state index is -0.743. The Labute approximate surface area is 239 Å². The first kappa shape index (κ1) is 26.6. The van der Waals surface area contributed by atoms with Crippen molar-refractivity contribution in [3.05, 3.63) is 130 Å². The molecule has 12 heteroatoms. The first-order valence-electron chi connectivity index (χ1n) is 11.0. The lowest BCUT2D eigenvalue weighted by Gasteiger charge is -2.20. The van der Waals surface area contributed by atoms with E-state index in [1.165, 1.54) is 29.5 Å². The number of hydrogen-bond donors (Lipinski definition) is 1. The van der Waals surface area contributed by atoms with Gasteiger partial charge < -0.3 is 0 Å². The normalized spacial score (nSPS) is 12.0. The fraction of sp³-hybridized carbons (Fsp3) is 0.0769. The van der Waals surface area contributed by atoms with Crippen LogP contribution in [0.5, 0.6) is 0 Å². The first-order valence-corrected chi connectivity index (χ1v) is 13.5. The van der Waals surface area contributed by atoms with Crippen molar-refractivity contribution in [3.63, 3.8) is 0 Å². The van der Waals surface area contributed by atoms with Gasteiger partial charge in [-0.1, -0.05) is 59.1 Å². The highest BCUT2D eigenvalue weighted by Gasteiger charge is 2.28. The summed E-state index contributed by atoms with van der Waals surface area (Å²) in [5, 5.41) is 5.43. The Hall–Kier alpha value is -3.01. The first-order chi connectivity index (χ1) is 18.3. The molecule has 2 aromatic heterocycles. The second-order valence-electron chi connectivity index (χ2n) is 8.10. The molecule has 0 fully saturated rings. The molecule has 2 heterocycles. The molecular formula is C26H15Cl4FN4O2S. The Balaban J connectivity index is 1.71. The lowest BCUT2D eigenvalue weighted by atomic mass is 9.91. The third-order valence-electron chi connectivity index (χ3n) is 5.72. The molecule has 0 aliphatic carbocycles. The third-order valence-corrected chi connectivity index (χ3v) is 8.15. The maximum atomic E-state index is 14.7. The van der Waals surface area contributed by atoms with Crippen LogP contribution in [0.15, 0.2) is 76.4 Å². The number of nitrogens with zero attached hydrogens (tertiary/aromatic N) is 3. The van der Waals surface area contributed by atoms with Crippen molar-refractivity contribution in [2.24, 2.45) is 0 Å². The van der Waals surface area contributed by atoms with E-state index >= 15 is 0 Å². The summed E-state index contributed by atoms with van der Waals surface area (Å²) in [6, 6.07) is 16.5. The number of aromatic nitrogens is 4. The maximum Gasteiger partial charge on any atom is 0.349 e. The molecule has 6 nitrogen and oxygen atoms in total. The zero-order chi connectivity index (χ0) is 27.0. The minimum Gasteiger partial charge on any atom is -0.271 e. The molecule has 1 atom stereocenters. The number of H-pyrrole nitrogens is 1. The molecule has 0 bridgehead atoms. The van der Waals surface area contributed by atoms with Gasteiger partial charge in [0.1, 0.15) is 17.0 Å². The molecule has 1 unspecified atom stereocenters. The summed E-state index contributed by atoms with van der Waals surface area (Å²) >= 11 is 27.3. The Bertz CT molecular complexity index is 1750. The predicted octanol–water partition coefficient (Wildman–Crippen LogP) is 7.06. The van der Waals surface area contributed by atoms with E-state index in [2.05, 4.69) is 10.1 Å². The summed E-state index contributed by atoms with van der Waals surface area (Å²) in [6.45, 7) is 0. The van der Waals surface area contributed by atoms with Crippen molar-refractivity contribution < 1.29 is 4.39 Å². The zero-order valence-electron chi connectivity index (χ0n) is 19.1. The second-order valence-corrected chi connectivity index (χ2v) is 10.7. The second kappa shape index (κ2) is 11.0. The average Bonchev–Trinajstić information content (AvgIpc) is 3.31. The highest BCUT2D eigenvalue weighted by atomic mass is 35.5. The highest BCUT2D eigenvalue weighted by molar-refractivity contribution is 7.12. The number of aromatic amines is 1. The summed E-state index contributed by atoms with van der Waals surface area (Å²) in [4.78, 5) is 31.4. The molecule has 0 aliphatic heterocycles.